The zero-order valence-electron chi connectivity index (χ0n) is 21.2. The van der Waals surface area contributed by atoms with Crippen molar-refractivity contribution in [2.24, 2.45) is 5.16 Å². The number of amides is 2. The fourth-order valence-electron chi connectivity index (χ4n) is 4.57. The third-order valence-corrected chi connectivity index (χ3v) is 8.46. The van der Waals surface area contributed by atoms with E-state index in [2.05, 4.69) is 15.5 Å². The standard InChI is InChI=1S/C25H27N5O7S2/c1-34-14-7-5-13(6-8-14)10-37-24(33)20-15(17-4-3-9-36-17)11-38-23-19(22(32)30(20)23)28-21(31)18(29-35-2)16-12-39-25(26)27-16/h5-8,12,17,19,23H,3-4,9-11H2,1-2H3,(H2,26,27)(H,28,31)/b29-18+/t17-,19-,23-/m1/s1. The first-order chi connectivity index (χ1) is 18.9. The maximum Gasteiger partial charge on any atom is 0.355 e. The average molecular weight is 574 g/mol. The predicted octanol–water partition coefficient (Wildman–Crippen LogP) is 1.66. The van der Waals surface area contributed by atoms with Crippen LogP contribution in [0.25, 0.3) is 0 Å². The van der Waals surface area contributed by atoms with E-state index in [1.54, 1.807) is 36.8 Å². The number of thioether (sulfide) groups is 1. The summed E-state index contributed by atoms with van der Waals surface area (Å²) in [4.78, 5) is 50.1. The van der Waals surface area contributed by atoms with E-state index in [0.717, 1.165) is 35.3 Å². The molecule has 0 saturated carbocycles. The number of hydrogen-bond donors (Lipinski definition) is 2. The van der Waals surface area contributed by atoms with Gasteiger partial charge in [0.25, 0.3) is 11.8 Å². The number of anilines is 1. The Labute approximate surface area is 232 Å². The van der Waals surface area contributed by atoms with E-state index in [-0.39, 0.29) is 34.9 Å². The number of nitrogens with zero attached hydrogens (tertiary/aromatic N) is 3. The second-order valence-corrected chi connectivity index (χ2v) is 10.8. The van der Waals surface area contributed by atoms with Gasteiger partial charge in [0.15, 0.2) is 10.8 Å². The van der Waals surface area contributed by atoms with Crippen LogP contribution in [-0.4, -0.2) is 77.5 Å². The lowest BCUT2D eigenvalue weighted by atomic mass is 9.99. The summed E-state index contributed by atoms with van der Waals surface area (Å²) in [5, 5.41) is 7.83. The van der Waals surface area contributed by atoms with E-state index in [1.807, 2.05) is 0 Å². The molecule has 1 aromatic heterocycles. The second-order valence-electron chi connectivity index (χ2n) is 8.85. The molecule has 2 aromatic rings. The number of benzene rings is 1. The van der Waals surface area contributed by atoms with Gasteiger partial charge in [-0.3, -0.25) is 14.5 Å². The van der Waals surface area contributed by atoms with Crippen LogP contribution in [0.2, 0.25) is 0 Å². The van der Waals surface area contributed by atoms with Gasteiger partial charge in [0.05, 0.1) is 13.2 Å². The number of methoxy groups -OCH3 is 1. The molecule has 3 aliphatic heterocycles. The SMILES string of the molecule is CO/N=C(/C(=O)N[C@@H]1C(=O)N2C(C(=O)OCc3ccc(OC)cc3)=C([C@H]3CCCO3)CS[C@H]12)c1csc(N)n1. The van der Waals surface area contributed by atoms with Gasteiger partial charge in [-0.25, -0.2) is 9.78 Å². The average Bonchev–Trinajstić information content (AvgIpc) is 3.64. The maximum absolute atomic E-state index is 13.4. The van der Waals surface area contributed by atoms with E-state index in [4.69, 9.17) is 24.8 Å². The van der Waals surface area contributed by atoms with Crippen molar-refractivity contribution >= 4 is 51.7 Å². The number of nitrogens with one attached hydrogen (secondary N) is 1. The number of esters is 1. The van der Waals surface area contributed by atoms with Crippen molar-refractivity contribution in [2.75, 3.05) is 32.3 Å². The number of hydrogen-bond acceptors (Lipinski definition) is 12. The summed E-state index contributed by atoms with van der Waals surface area (Å²) in [5.74, 6) is -0.531. The Hall–Kier alpha value is -3.62. The Morgan fingerprint density at radius 2 is 2.08 bits per heavy atom. The van der Waals surface area contributed by atoms with Gasteiger partial charge in [0, 0.05) is 17.7 Å². The minimum absolute atomic E-state index is 0.0265. The van der Waals surface area contributed by atoms with Crippen LogP contribution in [0.15, 0.2) is 46.1 Å². The fraction of sp³-hybridized carbons (Fsp3) is 0.400. The van der Waals surface area contributed by atoms with Gasteiger partial charge in [-0.1, -0.05) is 17.3 Å². The Morgan fingerprint density at radius 3 is 2.72 bits per heavy atom. The van der Waals surface area contributed by atoms with Gasteiger partial charge in [0.2, 0.25) is 0 Å². The zero-order valence-corrected chi connectivity index (χ0v) is 22.9. The summed E-state index contributed by atoms with van der Waals surface area (Å²) >= 11 is 2.60. The van der Waals surface area contributed by atoms with Crippen LogP contribution >= 0.6 is 23.1 Å². The first-order valence-corrected chi connectivity index (χ1v) is 14.1. The summed E-state index contributed by atoms with van der Waals surface area (Å²) < 4.78 is 16.7. The number of nitrogens with two attached hydrogens (primary N) is 1. The molecule has 0 unspecified atom stereocenters. The first kappa shape index (κ1) is 27.0. The zero-order chi connectivity index (χ0) is 27.5. The lowest BCUT2D eigenvalue weighted by Crippen LogP contribution is -2.71. The van der Waals surface area contributed by atoms with Crippen LogP contribution in [0.5, 0.6) is 5.75 Å². The third-order valence-electron chi connectivity index (χ3n) is 6.49. The van der Waals surface area contributed by atoms with Crippen molar-refractivity contribution in [1.29, 1.82) is 0 Å². The smallest absolute Gasteiger partial charge is 0.355 e. The summed E-state index contributed by atoms with van der Waals surface area (Å²) in [5.41, 5.74) is 7.52. The molecule has 3 atom stereocenters. The molecular formula is C25H27N5O7S2. The van der Waals surface area contributed by atoms with Crippen molar-refractivity contribution < 1.29 is 33.4 Å². The van der Waals surface area contributed by atoms with Crippen molar-refractivity contribution in [3.8, 4) is 5.75 Å². The van der Waals surface area contributed by atoms with E-state index in [9.17, 15) is 14.4 Å². The minimum Gasteiger partial charge on any atom is -0.497 e. The van der Waals surface area contributed by atoms with E-state index in [1.165, 1.54) is 23.8 Å². The van der Waals surface area contributed by atoms with Gasteiger partial charge in [-0.15, -0.1) is 23.1 Å². The molecule has 5 rings (SSSR count). The second kappa shape index (κ2) is 11.6. The monoisotopic (exact) mass is 573 g/mol. The van der Waals surface area contributed by atoms with E-state index < -0.39 is 29.2 Å². The molecule has 12 nitrogen and oxygen atoms in total. The molecule has 1 aromatic carbocycles. The molecule has 206 valence electrons. The molecule has 3 N–H and O–H groups in total. The third kappa shape index (κ3) is 5.44. The Bertz CT molecular complexity index is 1320. The van der Waals surface area contributed by atoms with Crippen molar-refractivity contribution in [2.45, 2.75) is 37.0 Å². The summed E-state index contributed by atoms with van der Waals surface area (Å²) in [7, 11) is 2.88. The molecule has 2 amide bonds. The minimum atomic E-state index is -0.879. The quantitative estimate of drug-likeness (QED) is 0.196. The van der Waals surface area contributed by atoms with Crippen molar-refractivity contribution in [3.05, 3.63) is 52.2 Å². The highest BCUT2D eigenvalue weighted by atomic mass is 32.2. The molecule has 0 bridgehead atoms. The highest BCUT2D eigenvalue weighted by molar-refractivity contribution is 8.00. The molecule has 2 saturated heterocycles. The van der Waals surface area contributed by atoms with Crippen molar-refractivity contribution in [3.63, 3.8) is 0 Å². The lowest BCUT2D eigenvalue weighted by molar-refractivity contribution is -0.153. The molecule has 0 radical (unpaired) electrons. The van der Waals surface area contributed by atoms with E-state index >= 15 is 0 Å². The van der Waals surface area contributed by atoms with Crippen LogP contribution in [0.3, 0.4) is 0 Å². The number of thiazole rings is 1. The van der Waals surface area contributed by atoms with Gasteiger partial charge in [0.1, 0.15) is 42.3 Å². The molecule has 39 heavy (non-hydrogen) atoms. The summed E-state index contributed by atoms with van der Waals surface area (Å²) in [6, 6.07) is 6.28. The van der Waals surface area contributed by atoms with Gasteiger partial charge in [-0.2, -0.15) is 0 Å². The summed E-state index contributed by atoms with van der Waals surface area (Å²) in [6.07, 6.45) is 1.36. The highest BCUT2D eigenvalue weighted by Gasteiger charge is 2.55. The number of β-lactam (4-membered cyclic amide) rings is 1. The van der Waals surface area contributed by atoms with Gasteiger partial charge >= 0.3 is 5.97 Å². The molecule has 14 heteroatoms. The topological polar surface area (TPSA) is 155 Å². The van der Waals surface area contributed by atoms with Crippen LogP contribution in [0, 0.1) is 0 Å². The fourth-order valence-corrected chi connectivity index (χ4v) is 6.53. The first-order valence-electron chi connectivity index (χ1n) is 12.1. The maximum atomic E-state index is 13.4. The Balaban J connectivity index is 1.33. The number of oxime groups is 1. The van der Waals surface area contributed by atoms with Gasteiger partial charge < -0.3 is 30.1 Å². The number of carbonyl (C=O) groups excluding carboxylic acids is 3. The largest absolute Gasteiger partial charge is 0.497 e. The van der Waals surface area contributed by atoms with Gasteiger partial charge in [-0.05, 0) is 36.1 Å². The number of ether oxygens (including phenoxy) is 3. The van der Waals surface area contributed by atoms with Crippen LogP contribution in [-0.2, 0) is 35.3 Å². The number of nitrogen functional groups attached to an aromatic ring is 1. The Morgan fingerprint density at radius 1 is 1.28 bits per heavy atom. The molecule has 3 aliphatic rings. The van der Waals surface area contributed by atoms with Crippen molar-refractivity contribution in [1.82, 2.24) is 15.2 Å². The molecular weight excluding hydrogens is 546 g/mol. The van der Waals surface area contributed by atoms with Crippen LogP contribution in [0.4, 0.5) is 5.13 Å². The number of carbonyl (C=O) groups is 3. The predicted molar refractivity (Wildman–Crippen MR) is 144 cm³/mol. The molecule has 4 heterocycles. The molecule has 0 spiro atoms. The number of rotatable bonds is 9. The lowest BCUT2D eigenvalue weighted by Gasteiger charge is -2.50. The van der Waals surface area contributed by atoms with E-state index in [0.29, 0.717) is 18.1 Å². The number of fused-ring (bicyclic) bond motifs is 1. The number of aromatic nitrogens is 1. The molecule has 0 aliphatic carbocycles. The van der Waals surface area contributed by atoms with Crippen LogP contribution < -0.4 is 15.8 Å². The highest BCUT2D eigenvalue weighted by Crippen LogP contribution is 2.43. The normalized spacial score (nSPS) is 22.7. The molecule has 2 fully saturated rings. The Kier molecular flexibility index (Phi) is 8.04. The van der Waals surface area contributed by atoms with Crippen LogP contribution in [0.1, 0.15) is 24.1 Å². The summed E-state index contributed by atoms with van der Waals surface area (Å²) in [6.45, 7) is 0.616.